The van der Waals surface area contributed by atoms with E-state index in [2.05, 4.69) is 6.92 Å². The Morgan fingerprint density at radius 2 is 2.24 bits per heavy atom. The molecule has 0 aliphatic heterocycles. The molecule has 0 heterocycles. The number of allylic oxidation sites excluding steroid dienone is 2. The number of rotatable bonds is 3. The summed E-state index contributed by atoms with van der Waals surface area (Å²) in [5.41, 5.74) is 2.30. The number of hydrogen-bond acceptors (Lipinski definition) is 2. The van der Waals surface area contributed by atoms with Gasteiger partial charge in [-0.1, -0.05) is 31.4 Å². The zero-order valence-electron chi connectivity index (χ0n) is 12.0. The van der Waals surface area contributed by atoms with E-state index in [1.807, 2.05) is 0 Å². The highest BCUT2D eigenvalue weighted by Gasteiger charge is 2.45. The summed E-state index contributed by atoms with van der Waals surface area (Å²) in [7, 11) is 0. The molecule has 1 aromatic carbocycles. The number of hydrogen-bond donors (Lipinski definition) is 1. The van der Waals surface area contributed by atoms with Crippen molar-refractivity contribution in [1.82, 2.24) is 0 Å². The monoisotopic (exact) mass is 308 g/mol. The van der Waals surface area contributed by atoms with Crippen LogP contribution in [-0.2, 0) is 11.2 Å². The first kappa shape index (κ1) is 14.6. The number of carbonyl (C=O) groups excluding carboxylic acids is 1. The van der Waals surface area contributed by atoms with Crippen LogP contribution in [0.25, 0.3) is 5.57 Å². The fraction of sp³-hybridized carbons (Fsp3) is 0.471. The molecule has 2 aliphatic carbocycles. The normalized spacial score (nSPS) is 23.8. The van der Waals surface area contributed by atoms with E-state index in [0.717, 1.165) is 36.8 Å². The third-order valence-corrected chi connectivity index (χ3v) is 5.24. The van der Waals surface area contributed by atoms with Crippen molar-refractivity contribution >= 4 is 23.0 Å². The van der Waals surface area contributed by atoms with E-state index in [1.165, 1.54) is 6.07 Å². The quantitative estimate of drug-likeness (QED) is 0.881. The van der Waals surface area contributed by atoms with Crippen LogP contribution in [0.3, 0.4) is 0 Å². The molecule has 21 heavy (non-hydrogen) atoms. The smallest absolute Gasteiger partial charge is 0.170 e. The number of fused-ring (bicyclic) bond motifs is 3. The number of halogens is 2. The Labute approximate surface area is 128 Å². The molecule has 0 saturated heterocycles. The van der Waals surface area contributed by atoms with Crippen molar-refractivity contribution in [3.63, 3.8) is 0 Å². The molecule has 4 heteroatoms. The van der Waals surface area contributed by atoms with Crippen LogP contribution in [0.2, 0.25) is 5.02 Å². The van der Waals surface area contributed by atoms with Gasteiger partial charge >= 0.3 is 0 Å². The summed E-state index contributed by atoms with van der Waals surface area (Å²) < 4.78 is 13.8. The lowest BCUT2D eigenvalue weighted by molar-refractivity contribution is -0.115. The molecule has 0 fully saturated rings. The van der Waals surface area contributed by atoms with Gasteiger partial charge in [-0.3, -0.25) is 4.79 Å². The summed E-state index contributed by atoms with van der Waals surface area (Å²) in [6.07, 6.45) is 6.78. The molecule has 0 amide bonds. The maximum absolute atomic E-state index is 13.8. The molecule has 1 aromatic rings. The Kier molecular flexibility index (Phi) is 3.56. The van der Waals surface area contributed by atoms with Crippen molar-refractivity contribution in [3.05, 3.63) is 34.1 Å². The van der Waals surface area contributed by atoms with E-state index >= 15 is 0 Å². The molecule has 0 radical (unpaired) electrons. The van der Waals surface area contributed by atoms with Crippen LogP contribution in [0.1, 0.15) is 50.2 Å². The maximum Gasteiger partial charge on any atom is 0.170 e. The molecule has 3 rings (SSSR count). The predicted octanol–water partition coefficient (Wildman–Crippen LogP) is 4.66. The highest BCUT2D eigenvalue weighted by atomic mass is 35.5. The molecule has 0 aromatic heterocycles. The zero-order valence-corrected chi connectivity index (χ0v) is 12.8. The number of aromatic hydroxyl groups is 1. The largest absolute Gasteiger partial charge is 0.504 e. The Hall–Kier alpha value is -1.35. The molecule has 1 N–H and O–H groups in total. The number of benzene rings is 1. The van der Waals surface area contributed by atoms with Crippen LogP contribution in [0.5, 0.6) is 5.75 Å². The molecule has 2 aliphatic rings. The van der Waals surface area contributed by atoms with Crippen molar-refractivity contribution in [3.8, 4) is 5.75 Å². The predicted molar refractivity (Wildman–Crippen MR) is 81.0 cm³/mol. The van der Waals surface area contributed by atoms with Crippen molar-refractivity contribution in [2.24, 2.45) is 5.41 Å². The van der Waals surface area contributed by atoms with Gasteiger partial charge in [0.05, 0.1) is 5.02 Å². The second kappa shape index (κ2) is 5.13. The van der Waals surface area contributed by atoms with Crippen molar-refractivity contribution < 1.29 is 14.3 Å². The molecule has 0 spiro atoms. The van der Waals surface area contributed by atoms with Gasteiger partial charge < -0.3 is 5.11 Å². The van der Waals surface area contributed by atoms with Crippen LogP contribution in [0.4, 0.5) is 4.39 Å². The summed E-state index contributed by atoms with van der Waals surface area (Å²) in [6.45, 7) is 2.13. The van der Waals surface area contributed by atoms with Gasteiger partial charge in [-0.15, -0.1) is 0 Å². The maximum atomic E-state index is 13.8. The topological polar surface area (TPSA) is 37.3 Å². The van der Waals surface area contributed by atoms with E-state index < -0.39 is 11.6 Å². The number of phenols is 1. The summed E-state index contributed by atoms with van der Waals surface area (Å²) in [5.74, 6) is -1.11. The molecular formula is C17H18ClFO2. The average Bonchev–Trinajstić information content (AvgIpc) is 2.78. The van der Waals surface area contributed by atoms with Crippen molar-refractivity contribution in [2.75, 3.05) is 0 Å². The number of carbonyl (C=O) groups is 1. The van der Waals surface area contributed by atoms with E-state index in [9.17, 15) is 14.3 Å². The van der Waals surface area contributed by atoms with Gasteiger partial charge in [0.2, 0.25) is 0 Å². The molecule has 1 atom stereocenters. The molecule has 0 saturated carbocycles. The number of phenolic OH excluding ortho intramolecular Hbond substituents is 1. The molecule has 112 valence electrons. The lowest BCUT2D eigenvalue weighted by Crippen LogP contribution is -2.25. The minimum Gasteiger partial charge on any atom is -0.504 e. The van der Waals surface area contributed by atoms with Crippen molar-refractivity contribution in [1.29, 1.82) is 0 Å². The van der Waals surface area contributed by atoms with Crippen LogP contribution >= 0.6 is 11.6 Å². The average molecular weight is 309 g/mol. The SMILES string of the molecule is CCCC[C@@]12CCC(=O)C=C1c1cc(F)c(O)c(Cl)c1C2. The van der Waals surface area contributed by atoms with Gasteiger partial charge in [-0.05, 0) is 48.1 Å². The fourth-order valence-electron chi connectivity index (χ4n) is 3.69. The van der Waals surface area contributed by atoms with E-state index in [4.69, 9.17) is 11.6 Å². The lowest BCUT2D eigenvalue weighted by Gasteiger charge is -2.34. The highest BCUT2D eigenvalue weighted by molar-refractivity contribution is 6.33. The summed E-state index contributed by atoms with van der Waals surface area (Å²) in [4.78, 5) is 11.8. The van der Waals surface area contributed by atoms with Gasteiger partial charge in [0, 0.05) is 11.8 Å². The molecule has 0 bridgehead atoms. The Morgan fingerprint density at radius 3 is 2.95 bits per heavy atom. The number of ketones is 1. The third-order valence-electron chi connectivity index (χ3n) is 4.84. The fourth-order valence-corrected chi connectivity index (χ4v) is 3.95. The van der Waals surface area contributed by atoms with Crippen LogP contribution in [-0.4, -0.2) is 10.9 Å². The third kappa shape index (κ3) is 2.18. The standard InChI is InChI=1S/C17H18ClFO2/c1-2-3-5-17-6-4-10(20)7-13(17)11-8-14(19)16(21)15(18)12(11)9-17/h7-8,21H,2-6,9H2,1H3/t17-/m0/s1. The molecule has 0 unspecified atom stereocenters. The second-order valence-corrected chi connectivity index (χ2v) is 6.51. The first-order valence-electron chi connectivity index (χ1n) is 7.44. The summed E-state index contributed by atoms with van der Waals surface area (Å²) in [6, 6.07) is 1.33. The van der Waals surface area contributed by atoms with Gasteiger partial charge in [-0.2, -0.15) is 0 Å². The van der Waals surface area contributed by atoms with E-state index in [1.54, 1.807) is 6.08 Å². The van der Waals surface area contributed by atoms with Gasteiger partial charge in [0.1, 0.15) is 0 Å². The Bertz CT molecular complexity index is 651. The van der Waals surface area contributed by atoms with Crippen LogP contribution in [0, 0.1) is 11.2 Å². The molecule has 2 nitrogen and oxygen atoms in total. The summed E-state index contributed by atoms with van der Waals surface area (Å²) in [5, 5.41) is 9.82. The van der Waals surface area contributed by atoms with Gasteiger partial charge in [-0.25, -0.2) is 4.39 Å². The highest BCUT2D eigenvalue weighted by Crippen LogP contribution is 2.57. The summed E-state index contributed by atoms with van der Waals surface area (Å²) >= 11 is 6.14. The zero-order chi connectivity index (χ0) is 15.2. The van der Waals surface area contributed by atoms with Crippen LogP contribution in [0.15, 0.2) is 12.1 Å². The number of unbranched alkanes of at least 4 members (excludes halogenated alkanes) is 1. The van der Waals surface area contributed by atoms with Gasteiger partial charge in [0.15, 0.2) is 17.3 Å². The lowest BCUT2D eigenvalue weighted by atomic mass is 9.69. The van der Waals surface area contributed by atoms with Crippen molar-refractivity contribution in [2.45, 2.75) is 45.4 Å². The first-order valence-corrected chi connectivity index (χ1v) is 7.81. The molecular weight excluding hydrogens is 291 g/mol. The van der Waals surface area contributed by atoms with E-state index in [-0.39, 0.29) is 16.2 Å². The second-order valence-electron chi connectivity index (χ2n) is 6.13. The minimum absolute atomic E-state index is 0.0922. The first-order chi connectivity index (χ1) is 9.98. The minimum atomic E-state index is -0.719. The Balaban J connectivity index is 2.16. The Morgan fingerprint density at radius 1 is 1.48 bits per heavy atom. The van der Waals surface area contributed by atoms with Gasteiger partial charge in [0.25, 0.3) is 0 Å². The van der Waals surface area contributed by atoms with E-state index in [0.29, 0.717) is 18.4 Å². The van der Waals surface area contributed by atoms with Crippen LogP contribution < -0.4 is 0 Å².